The Bertz CT molecular complexity index is 999. The van der Waals surface area contributed by atoms with Crippen LogP contribution in [0.2, 0.25) is 0 Å². The van der Waals surface area contributed by atoms with E-state index in [1.165, 1.54) is 18.3 Å². The number of benzene rings is 1. The van der Waals surface area contributed by atoms with E-state index in [1.807, 2.05) is 0 Å². The molecule has 2 heterocycles. The van der Waals surface area contributed by atoms with Gasteiger partial charge in [-0.05, 0) is 23.8 Å². The van der Waals surface area contributed by atoms with E-state index in [-0.39, 0.29) is 9.92 Å². The topological polar surface area (TPSA) is 155 Å². The highest BCUT2D eigenvalue weighted by Gasteiger charge is 2.27. The van der Waals surface area contributed by atoms with Gasteiger partial charge in [-0.3, -0.25) is 0 Å². The van der Waals surface area contributed by atoms with Crippen LogP contribution in [0.15, 0.2) is 46.5 Å². The van der Waals surface area contributed by atoms with Gasteiger partial charge in [-0.15, -0.1) is 0 Å². The second-order valence-corrected chi connectivity index (χ2v) is 8.88. The van der Waals surface area contributed by atoms with Crippen LogP contribution in [0.4, 0.5) is 0 Å². The molecule has 1 aromatic heterocycles. The fraction of sp³-hybridized carbons (Fsp3) is 0.154. The Morgan fingerprint density at radius 3 is 2.24 bits per heavy atom. The fourth-order valence-electron chi connectivity index (χ4n) is 2.50. The lowest BCUT2D eigenvalue weighted by atomic mass is 9.99. The number of hydrogen-bond acceptors (Lipinski definition) is 9. The molecule has 0 unspecified atom stereocenters. The number of nitrogens with zero attached hydrogens (tertiary/aromatic N) is 1. The molecule has 1 fully saturated rings. The maximum Gasteiger partial charge on any atom is 0.238 e. The first-order valence-corrected chi connectivity index (χ1v) is 10.4. The van der Waals surface area contributed by atoms with Crippen molar-refractivity contribution in [3.05, 3.63) is 42.1 Å². The quantitative estimate of drug-likeness (QED) is 0.442. The van der Waals surface area contributed by atoms with Crippen molar-refractivity contribution in [1.29, 1.82) is 0 Å². The van der Waals surface area contributed by atoms with Crippen molar-refractivity contribution >= 4 is 19.9 Å². The molecule has 0 atom stereocenters. The molecule has 0 saturated carbocycles. The average molecular weight is 384 g/mol. The number of rotatable bonds is 4. The van der Waals surface area contributed by atoms with E-state index in [2.05, 4.69) is 26.9 Å². The molecule has 1 aromatic carbocycles. The van der Waals surface area contributed by atoms with Crippen LogP contribution in [-0.4, -0.2) is 28.1 Å². The normalized spacial score (nSPS) is 16.2. The van der Waals surface area contributed by atoms with Crippen LogP contribution in [0.5, 0.6) is 0 Å². The van der Waals surface area contributed by atoms with Gasteiger partial charge in [-0.1, -0.05) is 12.1 Å². The zero-order valence-electron chi connectivity index (χ0n) is 13.0. The second-order valence-electron chi connectivity index (χ2n) is 5.39. The van der Waals surface area contributed by atoms with Crippen LogP contribution in [-0.2, 0) is 19.9 Å². The molecule has 0 radical (unpaired) electrons. The molecule has 134 valence electrons. The van der Waals surface area contributed by atoms with Gasteiger partial charge < -0.3 is 0 Å². The van der Waals surface area contributed by atoms with Gasteiger partial charge in [-0.2, -0.15) is 11.1 Å². The number of sulfone groups is 1. The molecular weight excluding hydrogens is 368 g/mol. The van der Waals surface area contributed by atoms with Gasteiger partial charge in [0.25, 0.3) is 0 Å². The summed E-state index contributed by atoms with van der Waals surface area (Å²) in [5.41, 5.74) is 12.3. The summed E-state index contributed by atoms with van der Waals surface area (Å²) in [6, 6.07) is 7.57. The van der Waals surface area contributed by atoms with Gasteiger partial charge in [0.15, 0.2) is 14.9 Å². The summed E-state index contributed by atoms with van der Waals surface area (Å²) in [7, 11) is -7.42. The van der Waals surface area contributed by atoms with Crippen LogP contribution in [0, 0.1) is 0 Å². The standard InChI is InChI=1S/C13H16N6O4S2/c1-24(20,21)11-6-5-8(7-15-11)9-3-2-4-10(25(14,22)23)12(9)13-16-18-19-17-13/h2-7,13,16-19H,1H3,(H2,14,22,23). The summed E-state index contributed by atoms with van der Waals surface area (Å²) < 4.78 is 47.0. The highest BCUT2D eigenvalue weighted by Crippen LogP contribution is 2.32. The Hall–Kier alpha value is -1.93. The number of primary sulfonamides is 1. The van der Waals surface area contributed by atoms with E-state index in [1.54, 1.807) is 18.2 Å². The Labute approximate surface area is 144 Å². The smallest absolute Gasteiger partial charge is 0.238 e. The Kier molecular flexibility index (Phi) is 4.59. The van der Waals surface area contributed by atoms with Gasteiger partial charge in [-0.25, -0.2) is 37.8 Å². The van der Waals surface area contributed by atoms with Gasteiger partial charge in [0.1, 0.15) is 6.17 Å². The number of pyridine rings is 1. The largest absolute Gasteiger partial charge is 0.244 e. The molecule has 1 saturated heterocycles. The lowest BCUT2D eigenvalue weighted by Crippen LogP contribution is -2.33. The summed E-state index contributed by atoms with van der Waals surface area (Å²) in [4.78, 5) is 3.88. The first kappa shape index (κ1) is 17.9. The molecule has 1 aliphatic heterocycles. The molecule has 3 rings (SSSR count). The van der Waals surface area contributed by atoms with Crippen LogP contribution in [0.1, 0.15) is 11.7 Å². The molecule has 25 heavy (non-hydrogen) atoms. The zero-order valence-corrected chi connectivity index (χ0v) is 14.6. The van der Waals surface area contributed by atoms with E-state index in [9.17, 15) is 16.8 Å². The minimum absolute atomic E-state index is 0.0623. The summed E-state index contributed by atoms with van der Waals surface area (Å²) in [5.74, 6) is 0. The van der Waals surface area contributed by atoms with Crippen LogP contribution in [0.25, 0.3) is 11.1 Å². The van der Waals surface area contributed by atoms with E-state index in [0.717, 1.165) is 6.26 Å². The van der Waals surface area contributed by atoms with Crippen molar-refractivity contribution < 1.29 is 16.8 Å². The predicted octanol–water partition coefficient (Wildman–Crippen LogP) is -1.08. The monoisotopic (exact) mass is 384 g/mol. The number of hydrogen-bond donors (Lipinski definition) is 5. The maximum atomic E-state index is 12.0. The summed E-state index contributed by atoms with van der Waals surface area (Å²) in [6.45, 7) is 0. The van der Waals surface area contributed by atoms with Crippen molar-refractivity contribution in [2.24, 2.45) is 5.14 Å². The maximum absolute atomic E-state index is 12.0. The third kappa shape index (κ3) is 3.69. The Morgan fingerprint density at radius 1 is 1.04 bits per heavy atom. The van der Waals surface area contributed by atoms with Crippen molar-refractivity contribution in [3.63, 3.8) is 0 Å². The van der Waals surface area contributed by atoms with Gasteiger partial charge in [0.05, 0.1) is 4.90 Å². The van der Waals surface area contributed by atoms with Crippen molar-refractivity contribution in [2.45, 2.75) is 16.1 Å². The molecular formula is C13H16N6O4S2. The minimum atomic E-state index is -3.98. The van der Waals surface area contributed by atoms with E-state index in [4.69, 9.17) is 5.14 Å². The zero-order chi connectivity index (χ0) is 18.2. The third-order valence-corrected chi connectivity index (χ3v) is 5.55. The number of hydrazine groups is 3. The molecule has 1 aliphatic rings. The second kappa shape index (κ2) is 6.42. The SMILES string of the molecule is CS(=O)(=O)c1ccc(-c2cccc(S(N)(=O)=O)c2C2NNNN2)cn1. The number of nitrogens with one attached hydrogen (secondary N) is 4. The molecule has 0 bridgehead atoms. The number of nitrogens with two attached hydrogens (primary N) is 1. The van der Waals surface area contributed by atoms with Gasteiger partial charge in [0, 0.05) is 23.6 Å². The molecule has 0 spiro atoms. The predicted molar refractivity (Wildman–Crippen MR) is 89.4 cm³/mol. The highest BCUT2D eigenvalue weighted by atomic mass is 32.2. The van der Waals surface area contributed by atoms with Crippen LogP contribution in [0.3, 0.4) is 0 Å². The van der Waals surface area contributed by atoms with Gasteiger partial charge in [0.2, 0.25) is 10.0 Å². The van der Waals surface area contributed by atoms with Crippen LogP contribution >= 0.6 is 0 Å². The highest BCUT2D eigenvalue weighted by molar-refractivity contribution is 7.90. The molecule has 6 N–H and O–H groups in total. The molecule has 0 aliphatic carbocycles. The molecule has 0 amide bonds. The summed E-state index contributed by atoms with van der Waals surface area (Å²) in [5, 5.41) is 5.27. The van der Waals surface area contributed by atoms with Crippen molar-refractivity contribution in [2.75, 3.05) is 6.26 Å². The fourth-order valence-corrected chi connectivity index (χ4v) is 3.86. The van der Waals surface area contributed by atoms with Crippen LogP contribution < -0.4 is 27.1 Å². The lowest BCUT2D eigenvalue weighted by Gasteiger charge is -2.18. The van der Waals surface area contributed by atoms with Crippen molar-refractivity contribution in [3.8, 4) is 11.1 Å². The minimum Gasteiger partial charge on any atom is -0.244 e. The summed E-state index contributed by atoms with van der Waals surface area (Å²) >= 11 is 0. The Balaban J connectivity index is 2.19. The third-order valence-electron chi connectivity index (χ3n) is 3.58. The molecule has 10 nitrogen and oxygen atoms in total. The first-order valence-electron chi connectivity index (χ1n) is 7.01. The summed E-state index contributed by atoms with van der Waals surface area (Å²) in [6.07, 6.45) is 1.84. The van der Waals surface area contributed by atoms with E-state index >= 15 is 0 Å². The number of sulfonamides is 1. The number of aromatic nitrogens is 1. The molecule has 12 heteroatoms. The molecule has 2 aromatic rings. The Morgan fingerprint density at radius 2 is 1.72 bits per heavy atom. The van der Waals surface area contributed by atoms with Gasteiger partial charge >= 0.3 is 0 Å². The van der Waals surface area contributed by atoms with Crippen molar-refractivity contribution in [1.82, 2.24) is 26.9 Å². The first-order chi connectivity index (χ1) is 11.7. The van der Waals surface area contributed by atoms with E-state index < -0.39 is 26.0 Å². The van der Waals surface area contributed by atoms with E-state index in [0.29, 0.717) is 16.7 Å². The average Bonchev–Trinajstić information content (AvgIpc) is 3.07. The lowest BCUT2D eigenvalue weighted by molar-refractivity contribution is 0.540.